The molecule has 2 aromatic carbocycles. The highest BCUT2D eigenvalue weighted by Crippen LogP contribution is 2.31. The van der Waals surface area contributed by atoms with Crippen molar-refractivity contribution in [2.45, 2.75) is 40.5 Å². The number of nitrogens with two attached hydrogens (primary N) is 1. The lowest BCUT2D eigenvalue weighted by Crippen LogP contribution is -2.28. The van der Waals surface area contributed by atoms with Crippen LogP contribution in [0, 0.1) is 0 Å². The molecule has 0 aliphatic rings. The zero-order valence-electron chi connectivity index (χ0n) is 18.4. The smallest absolute Gasteiger partial charge is 0.232 e. The van der Waals surface area contributed by atoms with Crippen LogP contribution >= 0.6 is 0 Å². The fourth-order valence-electron chi connectivity index (χ4n) is 3.07. The average Bonchev–Trinajstić information content (AvgIpc) is 2.71. The molecule has 0 spiro atoms. The van der Waals surface area contributed by atoms with Crippen molar-refractivity contribution in [3.63, 3.8) is 0 Å². The molecule has 166 valence electrons. The molecule has 0 aliphatic heterocycles. The van der Waals surface area contributed by atoms with E-state index >= 15 is 0 Å². The molecular weight excluding hydrogens is 412 g/mol. The van der Waals surface area contributed by atoms with Crippen LogP contribution in [0.3, 0.4) is 0 Å². The van der Waals surface area contributed by atoms with Crippen LogP contribution in [0.4, 0.5) is 11.4 Å². The first kappa shape index (κ1) is 24.3. The van der Waals surface area contributed by atoms with Crippen molar-refractivity contribution in [2.24, 2.45) is 5.73 Å². The standard InChI is InChI=1S/C24H24N2O6/c1-13(27)17-7-18(14(2)28)10-21(9-17)26(24(32)6-5-23(25)31)22-11-19(15(3)29)8-20(12-22)16(4)30/h7-12H,5-6H2,1-4H3,(H2,25,31). The summed E-state index contributed by atoms with van der Waals surface area (Å²) in [7, 11) is 0. The van der Waals surface area contributed by atoms with E-state index in [9.17, 15) is 28.8 Å². The summed E-state index contributed by atoms with van der Waals surface area (Å²) in [5.41, 5.74) is 6.37. The van der Waals surface area contributed by atoms with Crippen LogP contribution in [0.1, 0.15) is 82.0 Å². The summed E-state index contributed by atoms with van der Waals surface area (Å²) in [5.74, 6) is -2.51. The van der Waals surface area contributed by atoms with Crippen LogP contribution in [0.5, 0.6) is 0 Å². The summed E-state index contributed by atoms with van der Waals surface area (Å²) in [6, 6.07) is 8.59. The van der Waals surface area contributed by atoms with Crippen LogP contribution in [-0.2, 0) is 9.59 Å². The molecule has 2 N–H and O–H groups in total. The average molecular weight is 436 g/mol. The molecule has 0 fully saturated rings. The minimum atomic E-state index is -0.679. The van der Waals surface area contributed by atoms with E-state index < -0.39 is 11.8 Å². The maximum Gasteiger partial charge on any atom is 0.232 e. The van der Waals surface area contributed by atoms with Gasteiger partial charge in [-0.05, 0) is 64.1 Å². The monoisotopic (exact) mass is 436 g/mol. The minimum Gasteiger partial charge on any atom is -0.370 e. The van der Waals surface area contributed by atoms with Gasteiger partial charge in [0.15, 0.2) is 23.1 Å². The van der Waals surface area contributed by atoms with Crippen LogP contribution in [-0.4, -0.2) is 34.9 Å². The Balaban J connectivity index is 2.81. The van der Waals surface area contributed by atoms with E-state index in [-0.39, 0.29) is 69.6 Å². The summed E-state index contributed by atoms with van der Waals surface area (Å²) >= 11 is 0. The molecule has 2 amide bonds. The predicted octanol–water partition coefficient (Wildman–Crippen LogP) is 3.43. The Hall–Kier alpha value is -3.94. The quantitative estimate of drug-likeness (QED) is 0.599. The van der Waals surface area contributed by atoms with Gasteiger partial charge in [0.2, 0.25) is 11.8 Å². The van der Waals surface area contributed by atoms with Gasteiger partial charge in [-0.1, -0.05) is 0 Å². The Labute approximate surface area is 185 Å². The molecule has 0 aliphatic carbocycles. The topological polar surface area (TPSA) is 132 Å². The third kappa shape index (κ3) is 5.81. The molecule has 8 nitrogen and oxygen atoms in total. The molecular formula is C24H24N2O6. The van der Waals surface area contributed by atoms with Crippen molar-refractivity contribution < 1.29 is 28.8 Å². The number of carbonyl (C=O) groups excluding carboxylic acids is 6. The molecule has 8 heteroatoms. The van der Waals surface area contributed by atoms with Crippen LogP contribution in [0.25, 0.3) is 0 Å². The zero-order chi connectivity index (χ0) is 24.2. The molecule has 2 aromatic rings. The van der Waals surface area contributed by atoms with Crippen molar-refractivity contribution in [1.29, 1.82) is 0 Å². The Kier molecular flexibility index (Phi) is 7.54. The number of anilines is 2. The number of primary amides is 1. The Morgan fingerprint density at radius 3 is 1.16 bits per heavy atom. The maximum atomic E-state index is 13.2. The van der Waals surface area contributed by atoms with Gasteiger partial charge in [0.05, 0.1) is 11.4 Å². The summed E-state index contributed by atoms with van der Waals surface area (Å²) in [6.45, 7) is 5.30. The van der Waals surface area contributed by atoms with Gasteiger partial charge in [-0.3, -0.25) is 33.7 Å². The Bertz CT molecular complexity index is 1010. The second-order valence-corrected chi connectivity index (χ2v) is 7.46. The lowest BCUT2D eigenvalue weighted by Gasteiger charge is -2.25. The number of carbonyl (C=O) groups is 6. The van der Waals surface area contributed by atoms with Gasteiger partial charge in [-0.2, -0.15) is 0 Å². The number of hydrogen-bond acceptors (Lipinski definition) is 6. The van der Waals surface area contributed by atoms with Crippen LogP contribution in [0.2, 0.25) is 0 Å². The SMILES string of the molecule is CC(=O)c1cc(C(C)=O)cc(N(C(=O)CCC(N)=O)c2cc(C(C)=O)cc(C(C)=O)c2)c1. The van der Waals surface area contributed by atoms with Crippen molar-refractivity contribution in [2.75, 3.05) is 4.90 Å². The van der Waals surface area contributed by atoms with Gasteiger partial charge in [-0.15, -0.1) is 0 Å². The summed E-state index contributed by atoms with van der Waals surface area (Å²) in [5, 5.41) is 0. The molecule has 2 rings (SSSR count). The van der Waals surface area contributed by atoms with Crippen LogP contribution < -0.4 is 10.6 Å². The summed E-state index contributed by atoms with van der Waals surface area (Å²) in [4.78, 5) is 73.7. The van der Waals surface area contributed by atoms with E-state index in [4.69, 9.17) is 5.73 Å². The predicted molar refractivity (Wildman–Crippen MR) is 118 cm³/mol. The maximum absolute atomic E-state index is 13.2. The number of benzene rings is 2. The number of nitrogens with zero attached hydrogens (tertiary/aromatic N) is 1. The highest BCUT2D eigenvalue weighted by molar-refractivity contribution is 6.08. The number of hydrogen-bond donors (Lipinski definition) is 1. The van der Waals surface area contributed by atoms with E-state index in [0.717, 1.165) is 0 Å². The zero-order valence-corrected chi connectivity index (χ0v) is 18.4. The first-order valence-corrected chi connectivity index (χ1v) is 9.86. The van der Waals surface area contributed by atoms with E-state index in [2.05, 4.69) is 0 Å². The lowest BCUT2D eigenvalue weighted by atomic mass is 10.0. The second kappa shape index (κ2) is 9.91. The fraction of sp³-hybridized carbons (Fsp3) is 0.250. The third-order valence-corrected chi connectivity index (χ3v) is 4.81. The molecule has 0 saturated carbocycles. The van der Waals surface area contributed by atoms with Gasteiger partial charge in [0, 0.05) is 35.1 Å². The molecule has 0 radical (unpaired) electrons. The third-order valence-electron chi connectivity index (χ3n) is 4.81. The van der Waals surface area contributed by atoms with E-state index in [1.807, 2.05) is 0 Å². The molecule has 0 atom stereocenters. The largest absolute Gasteiger partial charge is 0.370 e. The number of rotatable bonds is 9. The van der Waals surface area contributed by atoms with Gasteiger partial charge >= 0.3 is 0 Å². The molecule has 0 saturated heterocycles. The summed E-state index contributed by atoms with van der Waals surface area (Å²) < 4.78 is 0. The summed E-state index contributed by atoms with van der Waals surface area (Å²) in [6.07, 6.45) is -0.484. The Morgan fingerprint density at radius 2 is 0.906 bits per heavy atom. The van der Waals surface area contributed by atoms with Crippen molar-refractivity contribution in [3.05, 3.63) is 58.7 Å². The van der Waals surface area contributed by atoms with Gasteiger partial charge < -0.3 is 5.73 Å². The molecule has 0 unspecified atom stereocenters. The molecule has 32 heavy (non-hydrogen) atoms. The molecule has 0 bridgehead atoms. The fourth-order valence-corrected chi connectivity index (χ4v) is 3.07. The number of Topliss-reactive ketones (excluding diaryl/α,β-unsaturated/α-hetero) is 4. The van der Waals surface area contributed by atoms with Gasteiger partial charge in [0.25, 0.3) is 0 Å². The van der Waals surface area contributed by atoms with E-state index in [0.29, 0.717) is 0 Å². The van der Waals surface area contributed by atoms with Crippen molar-refractivity contribution in [1.82, 2.24) is 0 Å². The number of ketones is 4. The van der Waals surface area contributed by atoms with E-state index in [1.54, 1.807) is 0 Å². The van der Waals surface area contributed by atoms with Gasteiger partial charge in [-0.25, -0.2) is 0 Å². The Morgan fingerprint density at radius 1 is 0.594 bits per heavy atom. The normalized spacial score (nSPS) is 10.4. The van der Waals surface area contributed by atoms with E-state index in [1.165, 1.54) is 69.0 Å². The second-order valence-electron chi connectivity index (χ2n) is 7.46. The lowest BCUT2D eigenvalue weighted by molar-refractivity contribution is -0.123. The minimum absolute atomic E-state index is 0.188. The van der Waals surface area contributed by atoms with Crippen molar-refractivity contribution >= 4 is 46.3 Å². The van der Waals surface area contributed by atoms with Crippen molar-refractivity contribution in [3.8, 4) is 0 Å². The highest BCUT2D eigenvalue weighted by Gasteiger charge is 2.23. The first-order valence-electron chi connectivity index (χ1n) is 9.86. The van der Waals surface area contributed by atoms with Gasteiger partial charge in [0.1, 0.15) is 0 Å². The number of amides is 2. The molecule has 0 heterocycles. The highest BCUT2D eigenvalue weighted by atomic mass is 16.2. The molecule has 0 aromatic heterocycles. The van der Waals surface area contributed by atoms with Crippen LogP contribution in [0.15, 0.2) is 36.4 Å². The first-order chi connectivity index (χ1) is 14.9.